The van der Waals surface area contributed by atoms with Gasteiger partial charge < -0.3 is 4.42 Å². The monoisotopic (exact) mass is 776 g/mol. The van der Waals surface area contributed by atoms with Crippen molar-refractivity contribution in [3.8, 4) is 67.3 Å². The third kappa shape index (κ3) is 6.06. The van der Waals surface area contributed by atoms with Gasteiger partial charge in [-0.25, -0.2) is 9.97 Å². The number of nitrogens with zero attached hydrogens (tertiary/aromatic N) is 2. The van der Waals surface area contributed by atoms with Crippen LogP contribution in [0, 0.1) is 0 Å². The van der Waals surface area contributed by atoms with Gasteiger partial charge in [-0.2, -0.15) is 0 Å². The molecule has 61 heavy (non-hydrogen) atoms. The molecule has 10 aromatic carbocycles. The molecule has 0 aliphatic heterocycles. The van der Waals surface area contributed by atoms with Crippen LogP contribution in [0.2, 0.25) is 0 Å². The van der Waals surface area contributed by atoms with Crippen LogP contribution in [0.5, 0.6) is 0 Å². The molecule has 12 rings (SSSR count). The molecule has 0 N–H and O–H groups in total. The van der Waals surface area contributed by atoms with Crippen LogP contribution >= 0.6 is 0 Å². The smallest absolute Gasteiger partial charge is 0.160 e. The number of benzene rings is 10. The average molecular weight is 777 g/mol. The minimum absolute atomic E-state index is 0.706. The van der Waals surface area contributed by atoms with Crippen molar-refractivity contribution in [3.63, 3.8) is 0 Å². The second kappa shape index (κ2) is 14.3. The average Bonchev–Trinajstić information content (AvgIpc) is 3.73. The molecule has 3 heteroatoms. The third-order valence-corrected chi connectivity index (χ3v) is 12.1. The molecule has 0 unspecified atom stereocenters. The Labute approximate surface area is 352 Å². The lowest BCUT2D eigenvalue weighted by atomic mass is 9.91. The Bertz CT molecular complexity index is 3520. The number of rotatable bonds is 6. The fourth-order valence-corrected chi connectivity index (χ4v) is 9.08. The first-order valence-corrected chi connectivity index (χ1v) is 20.7. The van der Waals surface area contributed by atoms with Crippen LogP contribution in [0.1, 0.15) is 0 Å². The normalized spacial score (nSPS) is 11.6. The Hall–Kier alpha value is -8.14. The van der Waals surface area contributed by atoms with Gasteiger partial charge in [0.25, 0.3) is 0 Å². The van der Waals surface area contributed by atoms with E-state index in [0.29, 0.717) is 5.82 Å². The summed E-state index contributed by atoms with van der Waals surface area (Å²) in [5.41, 5.74) is 13.5. The van der Waals surface area contributed by atoms with Crippen LogP contribution in [-0.2, 0) is 0 Å². The Kier molecular flexibility index (Phi) is 8.17. The van der Waals surface area contributed by atoms with Crippen molar-refractivity contribution in [2.24, 2.45) is 0 Å². The predicted octanol–water partition coefficient (Wildman–Crippen LogP) is 15.8. The molecule has 3 nitrogen and oxygen atoms in total. The molecule has 0 spiro atoms. The van der Waals surface area contributed by atoms with Crippen molar-refractivity contribution >= 4 is 54.3 Å². The number of fused-ring (bicyclic) bond motifs is 9. The summed E-state index contributed by atoms with van der Waals surface area (Å²) in [6.45, 7) is 0. The number of hydrogen-bond acceptors (Lipinski definition) is 3. The first-order valence-electron chi connectivity index (χ1n) is 20.7. The summed E-state index contributed by atoms with van der Waals surface area (Å²) < 4.78 is 6.46. The second-order valence-corrected chi connectivity index (χ2v) is 15.7. The fourth-order valence-electron chi connectivity index (χ4n) is 9.08. The van der Waals surface area contributed by atoms with Crippen molar-refractivity contribution in [1.82, 2.24) is 9.97 Å². The molecule has 0 amide bonds. The minimum atomic E-state index is 0.706. The second-order valence-electron chi connectivity index (χ2n) is 15.7. The molecular weight excluding hydrogens is 741 g/mol. The molecule has 0 saturated carbocycles. The molecule has 0 aliphatic carbocycles. The third-order valence-electron chi connectivity index (χ3n) is 12.1. The van der Waals surface area contributed by atoms with Crippen LogP contribution in [0.4, 0.5) is 0 Å². The van der Waals surface area contributed by atoms with E-state index >= 15 is 0 Å². The van der Waals surface area contributed by atoms with Gasteiger partial charge in [-0.05, 0) is 96.0 Å². The standard InChI is InChI=1S/C58H36N2O/c1-3-12-40(13-4-1)53-36-54(60-58(59-53)42-14-5-2-6-15-42)41-28-26-39(27-29-41)45-20-11-21-56-57(45)52-35-44(31-33-55(52)61-56)38-24-22-37(23-25-38)43-30-32-50-48-18-8-7-16-46(48)47-17-9-10-19-49(47)51(50)34-43/h1-36H. The van der Waals surface area contributed by atoms with Crippen molar-refractivity contribution in [2.75, 3.05) is 0 Å². The maximum Gasteiger partial charge on any atom is 0.160 e. The topological polar surface area (TPSA) is 38.9 Å². The highest BCUT2D eigenvalue weighted by Crippen LogP contribution is 2.41. The summed E-state index contributed by atoms with van der Waals surface area (Å²) in [4.78, 5) is 10.0. The highest BCUT2D eigenvalue weighted by atomic mass is 16.3. The van der Waals surface area contributed by atoms with E-state index in [2.05, 4.69) is 182 Å². The molecular formula is C58H36N2O. The fraction of sp³-hybridized carbons (Fsp3) is 0. The van der Waals surface area contributed by atoms with Gasteiger partial charge in [0.1, 0.15) is 11.2 Å². The van der Waals surface area contributed by atoms with E-state index in [0.717, 1.165) is 72.3 Å². The highest BCUT2D eigenvalue weighted by molar-refractivity contribution is 6.25. The zero-order chi connectivity index (χ0) is 40.3. The zero-order valence-corrected chi connectivity index (χ0v) is 33.1. The van der Waals surface area contributed by atoms with Crippen LogP contribution in [0.15, 0.2) is 223 Å². The largest absolute Gasteiger partial charge is 0.456 e. The van der Waals surface area contributed by atoms with Gasteiger partial charge >= 0.3 is 0 Å². The molecule has 0 fully saturated rings. The van der Waals surface area contributed by atoms with Gasteiger partial charge in [-0.3, -0.25) is 0 Å². The molecule has 0 radical (unpaired) electrons. The molecule has 0 aliphatic rings. The van der Waals surface area contributed by atoms with E-state index in [1.165, 1.54) is 43.4 Å². The quantitative estimate of drug-likeness (QED) is 0.158. The van der Waals surface area contributed by atoms with Crippen molar-refractivity contribution in [1.29, 1.82) is 0 Å². The van der Waals surface area contributed by atoms with Gasteiger partial charge in [0, 0.05) is 27.5 Å². The lowest BCUT2D eigenvalue weighted by Gasteiger charge is -2.12. The van der Waals surface area contributed by atoms with Gasteiger partial charge in [0.15, 0.2) is 5.82 Å². The van der Waals surface area contributed by atoms with Gasteiger partial charge in [-0.15, -0.1) is 0 Å². The van der Waals surface area contributed by atoms with E-state index in [-0.39, 0.29) is 0 Å². The maximum absolute atomic E-state index is 6.46. The molecule has 2 aromatic heterocycles. The van der Waals surface area contributed by atoms with E-state index in [4.69, 9.17) is 14.4 Å². The van der Waals surface area contributed by atoms with Crippen molar-refractivity contribution in [3.05, 3.63) is 218 Å². The van der Waals surface area contributed by atoms with Gasteiger partial charge in [-0.1, -0.05) is 188 Å². The molecule has 284 valence electrons. The number of hydrogen-bond donors (Lipinski definition) is 0. The zero-order valence-electron chi connectivity index (χ0n) is 33.1. The summed E-state index contributed by atoms with van der Waals surface area (Å²) in [5, 5.41) is 9.93. The molecule has 2 heterocycles. The molecule has 0 saturated heterocycles. The highest BCUT2D eigenvalue weighted by Gasteiger charge is 2.16. The van der Waals surface area contributed by atoms with Crippen LogP contribution < -0.4 is 0 Å². The first kappa shape index (κ1) is 34.9. The van der Waals surface area contributed by atoms with Gasteiger partial charge in [0.2, 0.25) is 0 Å². The SMILES string of the molecule is c1ccc(-c2cc(-c3ccc(-c4cccc5oc6ccc(-c7ccc(-c8ccc9c%10ccccc%10c%10ccccc%10c9c8)cc7)cc6c45)cc3)nc(-c3ccccc3)n2)cc1. The minimum Gasteiger partial charge on any atom is -0.456 e. The Balaban J connectivity index is 0.892. The summed E-state index contributed by atoms with van der Waals surface area (Å²) in [7, 11) is 0. The first-order chi connectivity index (χ1) is 30.2. The Morgan fingerprint density at radius 1 is 0.262 bits per heavy atom. The van der Waals surface area contributed by atoms with Crippen LogP contribution in [-0.4, -0.2) is 9.97 Å². The Morgan fingerprint density at radius 3 is 1.34 bits per heavy atom. The van der Waals surface area contributed by atoms with Crippen LogP contribution in [0.3, 0.4) is 0 Å². The van der Waals surface area contributed by atoms with Crippen molar-refractivity contribution < 1.29 is 4.42 Å². The van der Waals surface area contributed by atoms with Crippen LogP contribution in [0.25, 0.3) is 122 Å². The number of furan rings is 1. The maximum atomic E-state index is 6.46. The van der Waals surface area contributed by atoms with E-state index in [9.17, 15) is 0 Å². The van der Waals surface area contributed by atoms with Gasteiger partial charge in [0.05, 0.1) is 11.4 Å². The summed E-state index contributed by atoms with van der Waals surface area (Å²) in [6.07, 6.45) is 0. The summed E-state index contributed by atoms with van der Waals surface area (Å²) >= 11 is 0. The predicted molar refractivity (Wildman–Crippen MR) is 254 cm³/mol. The summed E-state index contributed by atoms with van der Waals surface area (Å²) in [6, 6.07) is 77.5. The molecule has 12 aromatic rings. The lowest BCUT2D eigenvalue weighted by molar-refractivity contribution is 0.669. The Morgan fingerprint density at radius 2 is 0.721 bits per heavy atom. The van der Waals surface area contributed by atoms with E-state index in [1.54, 1.807) is 0 Å². The molecule has 0 bridgehead atoms. The molecule has 0 atom stereocenters. The summed E-state index contributed by atoms with van der Waals surface area (Å²) in [5.74, 6) is 0.706. The van der Waals surface area contributed by atoms with E-state index < -0.39 is 0 Å². The van der Waals surface area contributed by atoms with Crippen molar-refractivity contribution in [2.45, 2.75) is 0 Å². The number of aromatic nitrogens is 2. The van der Waals surface area contributed by atoms with E-state index in [1.807, 2.05) is 36.4 Å². The lowest BCUT2D eigenvalue weighted by Crippen LogP contribution is -1.95.